The van der Waals surface area contributed by atoms with E-state index in [0.717, 1.165) is 31.2 Å². The second-order valence-corrected chi connectivity index (χ2v) is 10.1. The number of nitrogens with zero attached hydrogens (tertiary/aromatic N) is 3. The number of H-pyrrole nitrogens is 1. The van der Waals surface area contributed by atoms with Gasteiger partial charge in [-0.3, -0.25) is 19.3 Å². The summed E-state index contributed by atoms with van der Waals surface area (Å²) in [6.07, 6.45) is 8.22. The number of hydrogen-bond donors (Lipinski definition) is 1. The third-order valence-corrected chi connectivity index (χ3v) is 7.23. The minimum absolute atomic E-state index is 0.282. The minimum Gasteiger partial charge on any atom is -0.299 e. The molecule has 0 spiro atoms. The summed E-state index contributed by atoms with van der Waals surface area (Å²) in [6, 6.07) is 3.17. The van der Waals surface area contributed by atoms with Crippen molar-refractivity contribution in [2.75, 3.05) is 6.54 Å². The lowest BCUT2D eigenvalue weighted by Crippen LogP contribution is -2.58. The number of nitrogens with one attached hydrogen (secondary N) is 1. The Balaban J connectivity index is 1.95. The lowest BCUT2D eigenvalue weighted by Gasteiger charge is -2.53. The summed E-state index contributed by atoms with van der Waals surface area (Å²) in [4.78, 5) is 30.3. The van der Waals surface area contributed by atoms with E-state index in [9.17, 15) is 18.0 Å². The molecule has 1 aliphatic heterocycles. The Bertz CT molecular complexity index is 1070. The zero-order valence-corrected chi connectivity index (χ0v) is 17.9. The van der Waals surface area contributed by atoms with E-state index in [1.165, 1.54) is 15.1 Å². The van der Waals surface area contributed by atoms with Crippen LogP contribution in [-0.2, 0) is 16.6 Å². The van der Waals surface area contributed by atoms with Crippen LogP contribution in [0.5, 0.6) is 0 Å². The van der Waals surface area contributed by atoms with Crippen molar-refractivity contribution in [3.05, 3.63) is 57.1 Å². The molecule has 0 amide bonds. The van der Waals surface area contributed by atoms with E-state index in [2.05, 4.69) is 16.9 Å². The Morgan fingerprint density at radius 1 is 1.17 bits per heavy atom. The summed E-state index contributed by atoms with van der Waals surface area (Å²) in [5.74, 6) is 0. The van der Waals surface area contributed by atoms with Crippen molar-refractivity contribution < 1.29 is 8.42 Å². The first-order valence-corrected chi connectivity index (χ1v) is 11.4. The Kier molecular flexibility index (Phi) is 6.09. The van der Waals surface area contributed by atoms with Gasteiger partial charge in [0.05, 0.1) is 6.04 Å². The van der Waals surface area contributed by atoms with Gasteiger partial charge in [0.1, 0.15) is 0 Å². The van der Waals surface area contributed by atoms with Gasteiger partial charge in [0.15, 0.2) is 4.90 Å². The van der Waals surface area contributed by atoms with Gasteiger partial charge in [-0.15, -0.1) is 0 Å². The van der Waals surface area contributed by atoms with Gasteiger partial charge in [-0.05, 0) is 29.5 Å². The van der Waals surface area contributed by atoms with Crippen LogP contribution in [-0.4, -0.2) is 33.8 Å². The standard InChI is InChI=1S/C20H28N4O4S/c1-4-5-6-7-12-23-13-16(18(25)22-19(23)26)29(27,28)24-14-20(2,3)17(24)15-8-10-21-11-9-15/h8-11,13,17H,4-7,12,14H2,1-3H3,(H,22,25,26). The number of pyridine rings is 1. The average Bonchev–Trinajstić information content (AvgIpc) is 2.65. The van der Waals surface area contributed by atoms with Gasteiger partial charge in [0.2, 0.25) is 0 Å². The topological polar surface area (TPSA) is 105 Å². The first-order chi connectivity index (χ1) is 13.7. The maximum Gasteiger partial charge on any atom is 0.328 e. The number of aryl methyl sites for hydroxylation is 1. The number of unbranched alkanes of at least 4 members (excludes halogenated alkanes) is 3. The van der Waals surface area contributed by atoms with Gasteiger partial charge in [-0.25, -0.2) is 13.2 Å². The normalized spacial score (nSPS) is 19.1. The van der Waals surface area contributed by atoms with E-state index >= 15 is 0 Å². The van der Waals surface area contributed by atoms with Crippen LogP contribution in [0, 0.1) is 5.41 Å². The second-order valence-electron chi connectivity index (χ2n) is 8.23. The summed E-state index contributed by atoms with van der Waals surface area (Å²) in [6.45, 7) is 6.73. The molecule has 158 valence electrons. The molecule has 1 N–H and O–H groups in total. The molecular formula is C20H28N4O4S. The average molecular weight is 421 g/mol. The van der Waals surface area contributed by atoms with Crippen molar-refractivity contribution in [1.29, 1.82) is 0 Å². The molecule has 9 heteroatoms. The zero-order chi connectivity index (χ0) is 21.2. The lowest BCUT2D eigenvalue weighted by atomic mass is 9.74. The molecule has 2 aromatic rings. The van der Waals surface area contributed by atoms with E-state index in [-0.39, 0.29) is 16.9 Å². The van der Waals surface area contributed by atoms with E-state index in [4.69, 9.17) is 0 Å². The third-order valence-electron chi connectivity index (χ3n) is 5.43. The van der Waals surface area contributed by atoms with Crippen molar-refractivity contribution in [3.8, 4) is 0 Å². The first kappa shape index (κ1) is 21.4. The smallest absolute Gasteiger partial charge is 0.299 e. The minimum atomic E-state index is -4.07. The van der Waals surface area contributed by atoms with Crippen molar-refractivity contribution in [3.63, 3.8) is 0 Å². The summed E-state index contributed by atoms with van der Waals surface area (Å²) in [7, 11) is -4.07. The SMILES string of the molecule is CCCCCCn1cc(S(=O)(=O)N2CC(C)(C)C2c2ccncc2)c(=O)[nH]c1=O. The Morgan fingerprint density at radius 3 is 2.48 bits per heavy atom. The molecule has 1 aliphatic rings. The van der Waals surface area contributed by atoms with Gasteiger partial charge >= 0.3 is 5.69 Å². The van der Waals surface area contributed by atoms with Crippen molar-refractivity contribution in [2.24, 2.45) is 5.41 Å². The Labute approximate surface area is 170 Å². The van der Waals surface area contributed by atoms with Gasteiger partial charge in [-0.2, -0.15) is 4.31 Å². The number of rotatable bonds is 8. The van der Waals surface area contributed by atoms with Crippen molar-refractivity contribution in [1.82, 2.24) is 18.8 Å². The first-order valence-electron chi connectivity index (χ1n) is 9.94. The number of sulfonamides is 1. The molecule has 0 saturated carbocycles. The van der Waals surface area contributed by atoms with Crippen LogP contribution in [0.3, 0.4) is 0 Å². The molecule has 0 aromatic carbocycles. The molecule has 8 nitrogen and oxygen atoms in total. The number of hydrogen-bond acceptors (Lipinski definition) is 5. The molecule has 1 fully saturated rings. The molecule has 1 unspecified atom stereocenters. The molecule has 3 heterocycles. The highest BCUT2D eigenvalue weighted by Gasteiger charge is 2.52. The van der Waals surface area contributed by atoms with E-state index in [1.54, 1.807) is 24.5 Å². The maximum atomic E-state index is 13.3. The fraction of sp³-hybridized carbons (Fsp3) is 0.550. The molecule has 1 saturated heterocycles. The lowest BCUT2D eigenvalue weighted by molar-refractivity contribution is 0.0196. The van der Waals surface area contributed by atoms with Gasteiger partial charge in [0, 0.05) is 31.7 Å². The predicted molar refractivity (Wildman–Crippen MR) is 110 cm³/mol. The number of aromatic amines is 1. The van der Waals surface area contributed by atoms with Crippen LogP contribution in [0.15, 0.2) is 45.2 Å². The van der Waals surface area contributed by atoms with E-state index in [0.29, 0.717) is 6.54 Å². The fourth-order valence-electron chi connectivity index (χ4n) is 3.92. The van der Waals surface area contributed by atoms with Gasteiger partial charge in [-0.1, -0.05) is 40.0 Å². The van der Waals surface area contributed by atoms with Crippen LogP contribution in [0.2, 0.25) is 0 Å². The molecule has 29 heavy (non-hydrogen) atoms. The van der Waals surface area contributed by atoms with Crippen LogP contribution >= 0.6 is 0 Å². The molecule has 0 aliphatic carbocycles. The highest BCUT2D eigenvalue weighted by Crippen LogP contribution is 2.50. The molecule has 0 radical (unpaired) electrons. The Morgan fingerprint density at radius 2 is 1.86 bits per heavy atom. The largest absolute Gasteiger partial charge is 0.328 e. The fourth-order valence-corrected chi connectivity index (χ4v) is 5.90. The molecule has 1 atom stereocenters. The maximum absolute atomic E-state index is 13.3. The van der Waals surface area contributed by atoms with Crippen LogP contribution in [0.25, 0.3) is 0 Å². The molecular weight excluding hydrogens is 392 g/mol. The van der Waals surface area contributed by atoms with Crippen molar-refractivity contribution in [2.45, 2.75) is 63.9 Å². The molecule has 0 bridgehead atoms. The summed E-state index contributed by atoms with van der Waals surface area (Å²) < 4.78 is 29.3. The van der Waals surface area contributed by atoms with E-state index < -0.39 is 27.3 Å². The molecule has 2 aromatic heterocycles. The van der Waals surface area contributed by atoms with E-state index in [1.807, 2.05) is 13.8 Å². The quantitative estimate of drug-likeness (QED) is 0.660. The number of aromatic nitrogens is 3. The third kappa shape index (κ3) is 4.20. The van der Waals surface area contributed by atoms with Gasteiger partial charge < -0.3 is 0 Å². The highest BCUT2D eigenvalue weighted by atomic mass is 32.2. The zero-order valence-electron chi connectivity index (χ0n) is 17.1. The van der Waals surface area contributed by atoms with Crippen LogP contribution < -0.4 is 11.2 Å². The summed E-state index contributed by atoms with van der Waals surface area (Å²) in [5.41, 5.74) is -0.919. The second kappa shape index (κ2) is 8.23. The van der Waals surface area contributed by atoms with Crippen LogP contribution in [0.4, 0.5) is 0 Å². The summed E-state index contributed by atoms with van der Waals surface area (Å²) >= 11 is 0. The highest BCUT2D eigenvalue weighted by molar-refractivity contribution is 7.89. The molecule has 3 rings (SSSR count). The van der Waals surface area contributed by atoms with Crippen LogP contribution in [0.1, 0.15) is 58.1 Å². The van der Waals surface area contributed by atoms with Gasteiger partial charge in [0.25, 0.3) is 15.6 Å². The summed E-state index contributed by atoms with van der Waals surface area (Å²) in [5, 5.41) is 0. The predicted octanol–water partition coefficient (Wildman–Crippen LogP) is 2.28. The monoisotopic (exact) mass is 420 g/mol. The Hall–Kier alpha value is -2.26. The van der Waals surface area contributed by atoms with Crippen molar-refractivity contribution >= 4 is 10.0 Å².